The Kier molecular flexibility index (Phi) is 3.84. The minimum atomic E-state index is 0.722. The molecule has 0 aliphatic rings. The lowest BCUT2D eigenvalue weighted by atomic mass is 9.97. The molecule has 6 heteroatoms. The minimum absolute atomic E-state index is 0.722. The molecule has 0 saturated heterocycles. The molecule has 1 atom stereocenters. The summed E-state index contributed by atoms with van der Waals surface area (Å²) < 4.78 is 1.74. The van der Waals surface area contributed by atoms with Gasteiger partial charge in [-0.05, 0) is 25.3 Å². The van der Waals surface area contributed by atoms with Crippen LogP contribution in [0.25, 0.3) is 4.96 Å². The van der Waals surface area contributed by atoms with E-state index in [-0.39, 0.29) is 0 Å². The molecule has 0 radical (unpaired) electrons. The van der Waals surface area contributed by atoms with Crippen molar-refractivity contribution in [2.45, 2.75) is 32.6 Å². The van der Waals surface area contributed by atoms with E-state index in [4.69, 9.17) is 5.73 Å². The van der Waals surface area contributed by atoms with Crippen LogP contribution in [0.3, 0.4) is 0 Å². The fourth-order valence-corrected chi connectivity index (χ4v) is 2.65. The Morgan fingerprint density at radius 3 is 3.06 bits per heavy atom. The molecule has 0 fully saturated rings. The number of hydrogen-bond acceptors (Lipinski definition) is 5. The first-order chi connectivity index (χ1) is 7.83. The quantitative estimate of drug-likeness (QED) is 0.829. The van der Waals surface area contributed by atoms with Crippen LogP contribution in [0.4, 0.5) is 0 Å². The zero-order chi connectivity index (χ0) is 11.4. The van der Waals surface area contributed by atoms with Gasteiger partial charge in [-0.15, -0.1) is 10.2 Å². The molecule has 88 valence electrons. The molecule has 5 nitrogen and oxygen atoms in total. The van der Waals surface area contributed by atoms with Gasteiger partial charge >= 0.3 is 0 Å². The first kappa shape index (κ1) is 11.5. The van der Waals surface area contributed by atoms with Crippen LogP contribution in [-0.4, -0.2) is 26.4 Å². The van der Waals surface area contributed by atoms with Gasteiger partial charge in [-0.3, -0.25) is 0 Å². The number of fused-ring (bicyclic) bond motifs is 1. The number of rotatable bonds is 6. The van der Waals surface area contributed by atoms with Crippen LogP contribution in [0.1, 0.15) is 31.2 Å². The molecule has 0 aliphatic carbocycles. The Hall–Kier alpha value is -1.01. The summed E-state index contributed by atoms with van der Waals surface area (Å²) in [5.41, 5.74) is 5.58. The molecule has 2 aromatic heterocycles. The third-order valence-corrected chi connectivity index (χ3v) is 3.82. The predicted molar refractivity (Wildman–Crippen MR) is 64.4 cm³/mol. The average Bonchev–Trinajstić information content (AvgIpc) is 2.84. The zero-order valence-corrected chi connectivity index (χ0v) is 10.3. The summed E-state index contributed by atoms with van der Waals surface area (Å²) in [6.45, 7) is 3.00. The van der Waals surface area contributed by atoms with Crippen molar-refractivity contribution >= 4 is 16.3 Å². The molecule has 1 unspecified atom stereocenters. The summed E-state index contributed by atoms with van der Waals surface area (Å²) in [4.78, 5) is 0.877. The average molecular weight is 239 g/mol. The van der Waals surface area contributed by atoms with Crippen molar-refractivity contribution in [2.75, 3.05) is 6.54 Å². The minimum Gasteiger partial charge on any atom is -0.330 e. The van der Waals surface area contributed by atoms with Crippen LogP contribution in [0, 0.1) is 5.92 Å². The largest absolute Gasteiger partial charge is 0.330 e. The first-order valence-electron chi connectivity index (χ1n) is 5.69. The second-order valence-electron chi connectivity index (χ2n) is 3.94. The predicted octanol–water partition coefficient (Wildman–Crippen LogP) is 1.49. The van der Waals surface area contributed by atoms with Crippen molar-refractivity contribution in [3.05, 3.63) is 11.3 Å². The highest BCUT2D eigenvalue weighted by atomic mass is 32.1. The molecule has 16 heavy (non-hydrogen) atoms. The third-order valence-electron chi connectivity index (χ3n) is 2.85. The van der Waals surface area contributed by atoms with E-state index in [0.29, 0.717) is 0 Å². The van der Waals surface area contributed by atoms with Gasteiger partial charge in [0.2, 0.25) is 4.96 Å². The van der Waals surface area contributed by atoms with Crippen LogP contribution in [0.2, 0.25) is 0 Å². The molecule has 0 bridgehead atoms. The summed E-state index contributed by atoms with van der Waals surface area (Å²) in [7, 11) is 0. The summed E-state index contributed by atoms with van der Waals surface area (Å²) in [5.74, 6) is 0.722. The Balaban J connectivity index is 1.92. The van der Waals surface area contributed by atoms with Crippen LogP contribution < -0.4 is 5.73 Å². The van der Waals surface area contributed by atoms with E-state index in [1.54, 1.807) is 22.2 Å². The van der Waals surface area contributed by atoms with Crippen molar-refractivity contribution in [3.63, 3.8) is 0 Å². The summed E-state index contributed by atoms with van der Waals surface area (Å²) in [6.07, 6.45) is 6.14. The van der Waals surface area contributed by atoms with Gasteiger partial charge in [0, 0.05) is 6.42 Å². The summed E-state index contributed by atoms with van der Waals surface area (Å²) in [5, 5.41) is 13.3. The van der Waals surface area contributed by atoms with Crippen LogP contribution in [0.15, 0.2) is 6.33 Å². The molecular formula is C10H17N5S. The number of nitrogens with two attached hydrogens (primary N) is 1. The molecule has 0 saturated carbocycles. The van der Waals surface area contributed by atoms with Gasteiger partial charge in [0.15, 0.2) is 0 Å². The summed E-state index contributed by atoms with van der Waals surface area (Å²) >= 11 is 1.62. The number of aromatic nitrogens is 4. The molecular weight excluding hydrogens is 222 g/mol. The van der Waals surface area contributed by atoms with Gasteiger partial charge in [0.1, 0.15) is 11.3 Å². The lowest BCUT2D eigenvalue weighted by Gasteiger charge is -2.11. The van der Waals surface area contributed by atoms with E-state index in [0.717, 1.165) is 41.7 Å². The normalized spacial score (nSPS) is 13.4. The van der Waals surface area contributed by atoms with Crippen molar-refractivity contribution in [1.29, 1.82) is 0 Å². The van der Waals surface area contributed by atoms with Gasteiger partial charge in [0.25, 0.3) is 0 Å². The maximum absolute atomic E-state index is 5.58. The molecule has 2 aromatic rings. The van der Waals surface area contributed by atoms with Crippen molar-refractivity contribution in [2.24, 2.45) is 11.7 Å². The van der Waals surface area contributed by atoms with Gasteiger partial charge in [-0.1, -0.05) is 24.7 Å². The lowest BCUT2D eigenvalue weighted by molar-refractivity contribution is 0.442. The molecule has 0 aliphatic heterocycles. The topological polar surface area (TPSA) is 69.1 Å². The highest BCUT2D eigenvalue weighted by Gasteiger charge is 2.09. The smallest absolute Gasteiger partial charge is 0.234 e. The molecule has 0 aromatic carbocycles. The lowest BCUT2D eigenvalue weighted by Crippen LogP contribution is -2.09. The van der Waals surface area contributed by atoms with E-state index in [2.05, 4.69) is 22.2 Å². The fraction of sp³-hybridized carbons (Fsp3) is 0.700. The maximum Gasteiger partial charge on any atom is 0.234 e. The SMILES string of the molecule is CCC(CCN)CCc1nn2cnnc2s1. The van der Waals surface area contributed by atoms with E-state index in [1.165, 1.54) is 6.42 Å². The first-order valence-corrected chi connectivity index (χ1v) is 6.51. The van der Waals surface area contributed by atoms with E-state index in [1.807, 2.05) is 0 Å². The van der Waals surface area contributed by atoms with Gasteiger partial charge in [-0.25, -0.2) is 0 Å². The molecule has 2 rings (SSSR count). The second-order valence-corrected chi connectivity index (χ2v) is 4.98. The van der Waals surface area contributed by atoms with Crippen molar-refractivity contribution in [1.82, 2.24) is 19.8 Å². The Bertz CT molecular complexity index is 407. The monoisotopic (exact) mass is 239 g/mol. The summed E-state index contributed by atoms with van der Waals surface area (Å²) in [6, 6.07) is 0. The van der Waals surface area contributed by atoms with Crippen LogP contribution in [0.5, 0.6) is 0 Å². The number of aryl methyl sites for hydroxylation is 1. The van der Waals surface area contributed by atoms with E-state index < -0.39 is 0 Å². The van der Waals surface area contributed by atoms with Gasteiger partial charge < -0.3 is 5.73 Å². The van der Waals surface area contributed by atoms with Crippen molar-refractivity contribution in [3.8, 4) is 0 Å². The third kappa shape index (κ3) is 2.56. The Morgan fingerprint density at radius 2 is 2.38 bits per heavy atom. The second kappa shape index (κ2) is 5.36. The van der Waals surface area contributed by atoms with Crippen molar-refractivity contribution < 1.29 is 0 Å². The number of hydrogen-bond donors (Lipinski definition) is 1. The standard InChI is InChI=1S/C10H17N5S/c1-2-8(5-6-11)3-4-9-14-15-7-12-13-10(15)16-9/h7-8H,2-6,11H2,1H3. The van der Waals surface area contributed by atoms with Gasteiger partial charge in [0.05, 0.1) is 0 Å². The molecule has 2 heterocycles. The zero-order valence-electron chi connectivity index (χ0n) is 9.46. The maximum atomic E-state index is 5.58. The Morgan fingerprint density at radius 1 is 1.50 bits per heavy atom. The number of nitrogens with zero attached hydrogens (tertiary/aromatic N) is 4. The molecule has 0 spiro atoms. The van der Waals surface area contributed by atoms with Crippen LogP contribution in [-0.2, 0) is 6.42 Å². The Labute approximate surface area is 98.7 Å². The highest BCUT2D eigenvalue weighted by Crippen LogP contribution is 2.19. The molecule has 2 N–H and O–H groups in total. The highest BCUT2D eigenvalue weighted by molar-refractivity contribution is 7.16. The molecule has 0 amide bonds. The van der Waals surface area contributed by atoms with Gasteiger partial charge in [-0.2, -0.15) is 9.61 Å². The van der Waals surface area contributed by atoms with E-state index in [9.17, 15) is 0 Å². The fourth-order valence-electron chi connectivity index (χ4n) is 1.82. The van der Waals surface area contributed by atoms with E-state index >= 15 is 0 Å². The van der Waals surface area contributed by atoms with Crippen LogP contribution >= 0.6 is 11.3 Å².